The van der Waals surface area contributed by atoms with E-state index in [2.05, 4.69) is 13.8 Å². The van der Waals surface area contributed by atoms with E-state index in [9.17, 15) is 4.79 Å². The van der Waals surface area contributed by atoms with E-state index >= 15 is 0 Å². The summed E-state index contributed by atoms with van der Waals surface area (Å²) in [4.78, 5) is 14.1. The molecule has 3 nitrogen and oxygen atoms in total. The summed E-state index contributed by atoms with van der Waals surface area (Å²) in [5, 5.41) is 0. The molecule has 1 amide bonds. The maximum Gasteiger partial charge on any atom is 0.239 e. The number of hydrogen-bond donors (Lipinski definition) is 1. The summed E-state index contributed by atoms with van der Waals surface area (Å²) in [6, 6.07) is -0.298. The predicted octanol–water partition coefficient (Wildman–Crippen LogP) is 2.11. The fourth-order valence-electron chi connectivity index (χ4n) is 2.22. The molecular formula is C13H26N2OS. The smallest absolute Gasteiger partial charge is 0.239 e. The minimum Gasteiger partial charge on any atom is -0.341 e. The molecule has 0 unspecified atom stereocenters. The Morgan fingerprint density at radius 1 is 1.47 bits per heavy atom. The molecule has 1 aliphatic heterocycles. The molecule has 17 heavy (non-hydrogen) atoms. The van der Waals surface area contributed by atoms with Crippen molar-refractivity contribution < 1.29 is 4.79 Å². The van der Waals surface area contributed by atoms with Gasteiger partial charge in [0.2, 0.25) is 5.91 Å². The third kappa shape index (κ3) is 4.18. The summed E-state index contributed by atoms with van der Waals surface area (Å²) >= 11 is 1.75. The van der Waals surface area contributed by atoms with Gasteiger partial charge in [0.05, 0.1) is 6.04 Å². The van der Waals surface area contributed by atoms with E-state index in [-0.39, 0.29) is 11.9 Å². The molecule has 2 N–H and O–H groups in total. The van der Waals surface area contributed by atoms with Gasteiger partial charge in [0.25, 0.3) is 0 Å². The summed E-state index contributed by atoms with van der Waals surface area (Å²) in [6.45, 7) is 6.33. The topological polar surface area (TPSA) is 46.3 Å². The molecule has 0 radical (unpaired) electrons. The van der Waals surface area contributed by atoms with Gasteiger partial charge >= 0.3 is 0 Å². The highest BCUT2D eigenvalue weighted by atomic mass is 32.2. The van der Waals surface area contributed by atoms with E-state index < -0.39 is 0 Å². The highest BCUT2D eigenvalue weighted by molar-refractivity contribution is 7.98. The van der Waals surface area contributed by atoms with E-state index in [4.69, 9.17) is 5.73 Å². The van der Waals surface area contributed by atoms with Crippen LogP contribution in [0.2, 0.25) is 0 Å². The van der Waals surface area contributed by atoms with Crippen molar-refractivity contribution in [2.75, 3.05) is 25.1 Å². The van der Waals surface area contributed by atoms with Gasteiger partial charge < -0.3 is 10.6 Å². The molecule has 0 aromatic carbocycles. The average Bonchev–Trinajstić information content (AvgIpc) is 2.36. The Morgan fingerprint density at radius 2 is 2.06 bits per heavy atom. The Bertz CT molecular complexity index is 250. The summed E-state index contributed by atoms with van der Waals surface area (Å²) in [5.74, 6) is 1.12. The lowest BCUT2D eigenvalue weighted by molar-refractivity contribution is -0.134. The van der Waals surface area contributed by atoms with Crippen LogP contribution in [0.5, 0.6) is 0 Å². The highest BCUT2D eigenvalue weighted by Crippen LogP contribution is 2.34. The number of carbonyl (C=O) groups excluding carboxylic acids is 1. The number of nitrogens with two attached hydrogens (primary N) is 1. The number of amides is 1. The molecule has 0 aliphatic carbocycles. The third-order valence-corrected chi connectivity index (χ3v) is 4.73. The number of nitrogens with zero attached hydrogens (tertiary/aromatic N) is 1. The molecule has 4 heteroatoms. The van der Waals surface area contributed by atoms with Crippen LogP contribution in [0.15, 0.2) is 0 Å². The Morgan fingerprint density at radius 3 is 2.53 bits per heavy atom. The van der Waals surface area contributed by atoms with Crippen molar-refractivity contribution in [3.8, 4) is 0 Å². The first-order chi connectivity index (χ1) is 8.02. The maximum absolute atomic E-state index is 12.1. The van der Waals surface area contributed by atoms with Crippen LogP contribution in [-0.2, 0) is 4.79 Å². The molecular weight excluding hydrogens is 232 g/mol. The predicted molar refractivity (Wildman–Crippen MR) is 75.2 cm³/mol. The van der Waals surface area contributed by atoms with Crippen LogP contribution < -0.4 is 5.73 Å². The molecule has 1 heterocycles. The zero-order valence-corrected chi connectivity index (χ0v) is 12.2. The Labute approximate surface area is 109 Å². The monoisotopic (exact) mass is 258 g/mol. The van der Waals surface area contributed by atoms with E-state index in [0.717, 1.165) is 38.1 Å². The average molecular weight is 258 g/mol. The van der Waals surface area contributed by atoms with Crippen molar-refractivity contribution >= 4 is 17.7 Å². The second-order valence-corrected chi connectivity index (χ2v) is 6.36. The van der Waals surface area contributed by atoms with Crippen LogP contribution in [0.1, 0.15) is 39.5 Å². The van der Waals surface area contributed by atoms with Crippen molar-refractivity contribution in [1.29, 1.82) is 0 Å². The lowest BCUT2D eigenvalue weighted by Crippen LogP contribution is -2.49. The molecule has 1 saturated heterocycles. The summed E-state index contributed by atoms with van der Waals surface area (Å²) in [6.07, 6.45) is 6.27. The van der Waals surface area contributed by atoms with E-state index in [1.165, 1.54) is 6.42 Å². The fourth-order valence-corrected chi connectivity index (χ4v) is 2.71. The molecule has 100 valence electrons. The number of piperidine rings is 1. The quantitative estimate of drug-likeness (QED) is 0.821. The van der Waals surface area contributed by atoms with Gasteiger partial charge in [0, 0.05) is 13.1 Å². The zero-order chi connectivity index (χ0) is 12.9. The minimum absolute atomic E-state index is 0.150. The third-order valence-electron chi connectivity index (χ3n) is 4.09. The lowest BCUT2D eigenvalue weighted by atomic mass is 9.78. The van der Waals surface area contributed by atoms with E-state index in [1.807, 2.05) is 11.2 Å². The molecule has 0 spiro atoms. The Balaban J connectivity index is 2.40. The highest BCUT2D eigenvalue weighted by Gasteiger charge is 2.31. The summed E-state index contributed by atoms with van der Waals surface area (Å²) in [7, 11) is 0. The summed E-state index contributed by atoms with van der Waals surface area (Å²) < 4.78 is 0. The first-order valence-corrected chi connectivity index (χ1v) is 7.95. The number of carbonyl (C=O) groups is 1. The first-order valence-electron chi connectivity index (χ1n) is 6.56. The van der Waals surface area contributed by atoms with Crippen LogP contribution in [0.3, 0.4) is 0 Å². The molecule has 0 aromatic rings. The van der Waals surface area contributed by atoms with Crippen LogP contribution in [0.4, 0.5) is 0 Å². The van der Waals surface area contributed by atoms with Crippen molar-refractivity contribution in [2.45, 2.75) is 45.6 Å². The second-order valence-electron chi connectivity index (χ2n) is 5.38. The van der Waals surface area contributed by atoms with Crippen molar-refractivity contribution in [3.63, 3.8) is 0 Å². The number of hydrogen-bond acceptors (Lipinski definition) is 3. The molecule has 1 fully saturated rings. The molecule has 1 atom stereocenters. The molecule has 0 bridgehead atoms. The molecule has 0 saturated carbocycles. The van der Waals surface area contributed by atoms with Crippen LogP contribution in [0, 0.1) is 5.41 Å². The zero-order valence-electron chi connectivity index (χ0n) is 11.4. The van der Waals surface area contributed by atoms with Crippen molar-refractivity contribution in [3.05, 3.63) is 0 Å². The summed E-state index contributed by atoms with van der Waals surface area (Å²) in [5.41, 5.74) is 6.36. The van der Waals surface area contributed by atoms with Gasteiger partial charge in [-0.1, -0.05) is 20.3 Å². The minimum atomic E-state index is -0.298. The van der Waals surface area contributed by atoms with Gasteiger partial charge in [-0.15, -0.1) is 0 Å². The first kappa shape index (κ1) is 14.8. The number of rotatable bonds is 5. The van der Waals surface area contributed by atoms with Crippen LogP contribution in [-0.4, -0.2) is 41.9 Å². The Kier molecular flexibility index (Phi) is 5.80. The molecule has 1 rings (SSSR count). The van der Waals surface area contributed by atoms with Gasteiger partial charge in [-0.3, -0.25) is 4.79 Å². The van der Waals surface area contributed by atoms with Gasteiger partial charge in [-0.05, 0) is 36.7 Å². The van der Waals surface area contributed by atoms with Gasteiger partial charge in [-0.25, -0.2) is 0 Å². The van der Waals surface area contributed by atoms with Gasteiger partial charge in [0.15, 0.2) is 0 Å². The van der Waals surface area contributed by atoms with Gasteiger partial charge in [-0.2, -0.15) is 11.8 Å². The number of thioether (sulfide) groups is 1. The van der Waals surface area contributed by atoms with Crippen molar-refractivity contribution in [1.82, 2.24) is 4.90 Å². The lowest BCUT2D eigenvalue weighted by Gasteiger charge is -2.39. The SMILES string of the molecule is CCC1(C)CCN(C(=O)[C@H](N)CCSC)CC1. The Hall–Kier alpha value is -0.220. The van der Waals surface area contributed by atoms with Crippen LogP contribution in [0.25, 0.3) is 0 Å². The maximum atomic E-state index is 12.1. The molecule has 1 aliphatic rings. The fraction of sp³-hybridized carbons (Fsp3) is 0.923. The normalized spacial score (nSPS) is 21.3. The number of likely N-dealkylation sites (tertiary alicyclic amines) is 1. The van der Waals surface area contributed by atoms with Crippen LogP contribution >= 0.6 is 11.8 Å². The van der Waals surface area contributed by atoms with Gasteiger partial charge in [0.1, 0.15) is 0 Å². The van der Waals surface area contributed by atoms with Crippen molar-refractivity contribution in [2.24, 2.45) is 11.1 Å². The largest absolute Gasteiger partial charge is 0.341 e. The van der Waals surface area contributed by atoms with E-state index in [1.54, 1.807) is 11.8 Å². The standard InChI is InChI=1S/C13H26N2OS/c1-4-13(2)6-8-15(9-7-13)12(16)11(14)5-10-17-3/h11H,4-10,14H2,1-3H3/t11-/m1/s1. The van der Waals surface area contributed by atoms with E-state index in [0.29, 0.717) is 5.41 Å². The second kappa shape index (κ2) is 6.64. The molecule has 0 aromatic heterocycles.